The normalized spacial score (nSPS) is 13.0. The van der Waals surface area contributed by atoms with E-state index in [0.717, 1.165) is 25.6 Å². The second-order valence-corrected chi connectivity index (χ2v) is 4.34. The van der Waals surface area contributed by atoms with E-state index in [2.05, 4.69) is 49.0 Å². The zero-order valence-electron chi connectivity index (χ0n) is 10.3. The molecule has 0 aliphatic carbocycles. The molecule has 0 saturated heterocycles. The van der Waals surface area contributed by atoms with Gasteiger partial charge in [-0.15, -0.1) is 0 Å². The van der Waals surface area contributed by atoms with Gasteiger partial charge in [-0.2, -0.15) is 0 Å². The molecule has 1 atom stereocenters. The van der Waals surface area contributed by atoms with Crippen LogP contribution >= 0.6 is 0 Å². The Hall–Kier alpha value is -0.760. The minimum absolute atomic E-state index is 0.777. The van der Waals surface area contributed by atoms with E-state index < -0.39 is 0 Å². The van der Waals surface area contributed by atoms with Gasteiger partial charge in [0.1, 0.15) is 0 Å². The number of hydrogen-bond acceptors (Lipinski definition) is 1. The maximum absolute atomic E-state index is 3.52. The first-order valence-electron chi connectivity index (χ1n) is 6.12. The molecule has 1 unspecified atom stereocenters. The number of hydrogen-bond donors (Lipinski definition) is 1. The van der Waals surface area contributed by atoms with Crippen molar-refractivity contribution in [2.75, 3.05) is 6.54 Å². The second-order valence-electron chi connectivity index (χ2n) is 4.34. The number of aromatic nitrogens is 1. The van der Waals surface area contributed by atoms with Crippen LogP contribution < -0.4 is 5.32 Å². The molecule has 0 amide bonds. The molecule has 1 N–H and O–H groups in total. The van der Waals surface area contributed by atoms with Crippen LogP contribution in [0.15, 0.2) is 18.3 Å². The quantitative estimate of drug-likeness (QED) is 0.729. The van der Waals surface area contributed by atoms with Crippen molar-refractivity contribution in [3.8, 4) is 0 Å². The summed E-state index contributed by atoms with van der Waals surface area (Å²) in [6, 6.07) is 4.34. The Kier molecular flexibility index (Phi) is 5.48. The van der Waals surface area contributed by atoms with Gasteiger partial charge < -0.3 is 9.88 Å². The van der Waals surface area contributed by atoms with Gasteiger partial charge in [-0.1, -0.05) is 27.2 Å². The van der Waals surface area contributed by atoms with Crippen molar-refractivity contribution in [1.82, 2.24) is 9.88 Å². The van der Waals surface area contributed by atoms with Crippen LogP contribution in [0.1, 0.15) is 39.3 Å². The zero-order valence-corrected chi connectivity index (χ0v) is 10.3. The molecule has 1 aromatic heterocycles. The van der Waals surface area contributed by atoms with E-state index in [-0.39, 0.29) is 0 Å². The van der Waals surface area contributed by atoms with E-state index in [9.17, 15) is 0 Å². The molecule has 1 rings (SSSR count). The highest BCUT2D eigenvalue weighted by Crippen LogP contribution is 2.04. The first-order chi connectivity index (χ1) is 7.27. The molecule has 0 bridgehead atoms. The van der Waals surface area contributed by atoms with E-state index in [0.29, 0.717) is 0 Å². The average molecular weight is 208 g/mol. The predicted molar refractivity (Wildman–Crippen MR) is 65.9 cm³/mol. The molecule has 0 aliphatic rings. The minimum Gasteiger partial charge on any atom is -0.350 e. The fourth-order valence-corrected chi connectivity index (χ4v) is 1.66. The van der Waals surface area contributed by atoms with Crippen molar-refractivity contribution < 1.29 is 0 Å². The highest BCUT2D eigenvalue weighted by atomic mass is 15.0. The zero-order chi connectivity index (χ0) is 11.1. The van der Waals surface area contributed by atoms with Crippen LogP contribution in [0.2, 0.25) is 0 Å². The molecule has 1 heterocycles. The van der Waals surface area contributed by atoms with Crippen molar-refractivity contribution in [1.29, 1.82) is 0 Å². The summed E-state index contributed by atoms with van der Waals surface area (Å²) in [5.41, 5.74) is 1.40. The molecule has 15 heavy (non-hydrogen) atoms. The van der Waals surface area contributed by atoms with Gasteiger partial charge in [0.25, 0.3) is 0 Å². The summed E-state index contributed by atoms with van der Waals surface area (Å²) in [6.07, 6.45) is 4.62. The maximum Gasteiger partial charge on any atom is 0.0359 e. The Balaban J connectivity index is 2.33. The topological polar surface area (TPSA) is 17.0 Å². The molecular weight excluding hydrogens is 184 g/mol. The molecule has 0 aliphatic heterocycles. The summed E-state index contributed by atoms with van der Waals surface area (Å²) in [4.78, 5) is 0. The fourth-order valence-electron chi connectivity index (χ4n) is 1.66. The first-order valence-corrected chi connectivity index (χ1v) is 6.12. The molecule has 0 fully saturated rings. The van der Waals surface area contributed by atoms with Gasteiger partial charge in [-0.3, -0.25) is 0 Å². The summed E-state index contributed by atoms with van der Waals surface area (Å²) in [5.74, 6) is 0.777. The number of rotatable bonds is 7. The van der Waals surface area contributed by atoms with Crippen molar-refractivity contribution >= 4 is 0 Å². The van der Waals surface area contributed by atoms with Crippen LogP contribution in [0.3, 0.4) is 0 Å². The smallest absolute Gasteiger partial charge is 0.0359 e. The summed E-state index contributed by atoms with van der Waals surface area (Å²) in [5, 5.41) is 3.52. The van der Waals surface area contributed by atoms with Crippen molar-refractivity contribution in [2.45, 2.75) is 46.7 Å². The Labute approximate surface area is 93.7 Å². The van der Waals surface area contributed by atoms with Crippen molar-refractivity contribution in [2.24, 2.45) is 5.92 Å². The maximum atomic E-state index is 3.52. The van der Waals surface area contributed by atoms with Crippen molar-refractivity contribution in [3.05, 3.63) is 24.0 Å². The van der Waals surface area contributed by atoms with Gasteiger partial charge in [-0.25, -0.2) is 0 Å². The highest BCUT2D eigenvalue weighted by molar-refractivity contribution is 5.06. The fraction of sp³-hybridized carbons (Fsp3) is 0.692. The van der Waals surface area contributed by atoms with Crippen LogP contribution in [-0.4, -0.2) is 11.1 Å². The summed E-state index contributed by atoms with van der Waals surface area (Å²) in [7, 11) is 0. The van der Waals surface area contributed by atoms with E-state index in [4.69, 9.17) is 0 Å². The lowest BCUT2D eigenvalue weighted by Gasteiger charge is -2.12. The standard InChI is InChI=1S/C13H24N2/c1-4-8-15-9-6-7-13(15)11-14-10-12(3)5-2/h6-7,9,12,14H,4-5,8,10-11H2,1-3H3. The summed E-state index contributed by atoms with van der Waals surface area (Å²) < 4.78 is 2.34. The Morgan fingerprint density at radius 3 is 2.87 bits per heavy atom. The molecule has 1 aromatic rings. The van der Waals surface area contributed by atoms with Gasteiger partial charge >= 0.3 is 0 Å². The molecular formula is C13H24N2. The number of nitrogens with zero attached hydrogens (tertiary/aromatic N) is 1. The van der Waals surface area contributed by atoms with Crippen LogP contribution in [0, 0.1) is 5.92 Å². The number of aryl methyl sites for hydroxylation is 1. The minimum atomic E-state index is 0.777. The second kappa shape index (κ2) is 6.67. The molecule has 0 spiro atoms. The lowest BCUT2D eigenvalue weighted by molar-refractivity contribution is 0.490. The third-order valence-corrected chi connectivity index (χ3v) is 2.88. The summed E-state index contributed by atoms with van der Waals surface area (Å²) >= 11 is 0. The van der Waals surface area contributed by atoms with Crippen LogP contribution in [0.5, 0.6) is 0 Å². The molecule has 86 valence electrons. The monoisotopic (exact) mass is 208 g/mol. The Morgan fingerprint density at radius 1 is 1.40 bits per heavy atom. The molecule has 2 heteroatoms. The molecule has 0 saturated carbocycles. The molecule has 0 aromatic carbocycles. The summed E-state index contributed by atoms with van der Waals surface area (Å²) in [6.45, 7) is 10.00. The Bertz CT molecular complexity index is 265. The van der Waals surface area contributed by atoms with E-state index >= 15 is 0 Å². The van der Waals surface area contributed by atoms with Crippen LogP contribution in [0.25, 0.3) is 0 Å². The van der Waals surface area contributed by atoms with Crippen LogP contribution in [-0.2, 0) is 13.1 Å². The van der Waals surface area contributed by atoms with Gasteiger partial charge in [0.2, 0.25) is 0 Å². The predicted octanol–water partition coefficient (Wildman–Crippen LogP) is 3.03. The third kappa shape index (κ3) is 4.08. The largest absolute Gasteiger partial charge is 0.350 e. The van der Waals surface area contributed by atoms with Crippen molar-refractivity contribution in [3.63, 3.8) is 0 Å². The molecule has 0 radical (unpaired) electrons. The molecule has 2 nitrogen and oxygen atoms in total. The van der Waals surface area contributed by atoms with E-state index in [1.807, 2.05) is 0 Å². The van der Waals surface area contributed by atoms with Crippen LogP contribution in [0.4, 0.5) is 0 Å². The lowest BCUT2D eigenvalue weighted by Crippen LogP contribution is -2.21. The van der Waals surface area contributed by atoms with Gasteiger partial charge in [0.15, 0.2) is 0 Å². The van der Waals surface area contributed by atoms with Gasteiger partial charge in [0.05, 0.1) is 0 Å². The first kappa shape index (κ1) is 12.3. The number of nitrogens with one attached hydrogen (secondary N) is 1. The lowest BCUT2D eigenvalue weighted by atomic mass is 10.1. The SMILES string of the molecule is CCCn1cccc1CNCC(C)CC. The highest BCUT2D eigenvalue weighted by Gasteiger charge is 2.01. The third-order valence-electron chi connectivity index (χ3n) is 2.88. The van der Waals surface area contributed by atoms with E-state index in [1.54, 1.807) is 0 Å². The van der Waals surface area contributed by atoms with Gasteiger partial charge in [-0.05, 0) is 31.0 Å². The Morgan fingerprint density at radius 2 is 2.20 bits per heavy atom. The average Bonchev–Trinajstić information content (AvgIpc) is 2.66. The van der Waals surface area contributed by atoms with E-state index in [1.165, 1.54) is 18.5 Å². The van der Waals surface area contributed by atoms with Gasteiger partial charge in [0, 0.05) is 25.0 Å².